The zero-order valence-electron chi connectivity index (χ0n) is 7.60. The maximum atomic E-state index is 9.26. The summed E-state index contributed by atoms with van der Waals surface area (Å²) in [4.78, 5) is 0. The lowest BCUT2D eigenvalue weighted by Crippen LogP contribution is -2.28. The van der Waals surface area contributed by atoms with Crippen LogP contribution in [0.1, 0.15) is 19.8 Å². The molecule has 4 heteroatoms. The molecule has 74 valence electrons. The van der Waals surface area contributed by atoms with E-state index >= 15 is 0 Å². The van der Waals surface area contributed by atoms with E-state index < -0.39 is 0 Å². The molecular formula is C8H18O3S. The summed E-state index contributed by atoms with van der Waals surface area (Å²) in [5.74, 6) is 0. The van der Waals surface area contributed by atoms with Gasteiger partial charge in [0.05, 0.1) is 12.7 Å². The molecule has 1 fully saturated rings. The third-order valence-corrected chi connectivity index (χ3v) is 3.15. The first kappa shape index (κ1) is 12.2. The molecule has 1 heterocycles. The topological polar surface area (TPSA) is 60.7 Å². The highest BCUT2D eigenvalue weighted by Gasteiger charge is 2.24. The van der Waals surface area contributed by atoms with Crippen molar-refractivity contribution in [2.45, 2.75) is 36.4 Å². The van der Waals surface area contributed by atoms with Crippen LogP contribution in [-0.4, -0.2) is 45.6 Å². The number of aliphatic hydroxyl groups excluding tert-OH is 3. The lowest BCUT2D eigenvalue weighted by molar-refractivity contribution is 0.138. The second-order valence-electron chi connectivity index (χ2n) is 2.88. The van der Waals surface area contributed by atoms with Crippen LogP contribution < -0.4 is 0 Å². The van der Waals surface area contributed by atoms with E-state index in [1.165, 1.54) is 0 Å². The zero-order valence-corrected chi connectivity index (χ0v) is 8.42. The SMILES string of the molecule is CC1CC(O)CC(CO)S1.CO. The van der Waals surface area contributed by atoms with Crippen molar-refractivity contribution in [2.24, 2.45) is 0 Å². The summed E-state index contributed by atoms with van der Waals surface area (Å²) in [6.07, 6.45) is 1.44. The Balaban J connectivity index is 0.000000561. The van der Waals surface area contributed by atoms with Crippen LogP contribution in [0.3, 0.4) is 0 Å². The van der Waals surface area contributed by atoms with Crippen molar-refractivity contribution in [1.82, 2.24) is 0 Å². The summed E-state index contributed by atoms with van der Waals surface area (Å²) in [6.45, 7) is 2.29. The van der Waals surface area contributed by atoms with Gasteiger partial charge in [-0.15, -0.1) is 0 Å². The molecule has 1 saturated heterocycles. The van der Waals surface area contributed by atoms with Gasteiger partial charge >= 0.3 is 0 Å². The van der Waals surface area contributed by atoms with Crippen LogP contribution in [0.2, 0.25) is 0 Å². The molecule has 0 aromatic heterocycles. The quantitative estimate of drug-likeness (QED) is 0.559. The van der Waals surface area contributed by atoms with Crippen LogP contribution in [0, 0.1) is 0 Å². The molecule has 12 heavy (non-hydrogen) atoms. The Kier molecular flexibility index (Phi) is 6.84. The highest BCUT2D eigenvalue weighted by Crippen LogP contribution is 2.30. The average molecular weight is 194 g/mol. The second kappa shape index (κ2) is 6.71. The van der Waals surface area contributed by atoms with Crippen molar-refractivity contribution in [1.29, 1.82) is 0 Å². The highest BCUT2D eigenvalue weighted by atomic mass is 32.2. The van der Waals surface area contributed by atoms with Crippen LogP contribution in [0.4, 0.5) is 0 Å². The van der Waals surface area contributed by atoms with Gasteiger partial charge in [-0.3, -0.25) is 0 Å². The van der Waals surface area contributed by atoms with Gasteiger partial charge in [-0.25, -0.2) is 0 Å². The Morgan fingerprint density at radius 1 is 1.33 bits per heavy atom. The molecule has 0 aliphatic carbocycles. The first-order valence-electron chi connectivity index (χ1n) is 4.11. The van der Waals surface area contributed by atoms with Crippen molar-refractivity contribution in [3.63, 3.8) is 0 Å². The second-order valence-corrected chi connectivity index (χ2v) is 4.62. The van der Waals surface area contributed by atoms with Crippen LogP contribution in [0.5, 0.6) is 0 Å². The van der Waals surface area contributed by atoms with Crippen molar-refractivity contribution in [3.05, 3.63) is 0 Å². The third-order valence-electron chi connectivity index (χ3n) is 1.77. The van der Waals surface area contributed by atoms with E-state index in [0.29, 0.717) is 5.25 Å². The van der Waals surface area contributed by atoms with Gasteiger partial charge in [-0.05, 0) is 12.8 Å². The number of hydrogen-bond acceptors (Lipinski definition) is 4. The molecule has 0 aromatic rings. The van der Waals surface area contributed by atoms with E-state index in [4.69, 9.17) is 10.2 Å². The van der Waals surface area contributed by atoms with Gasteiger partial charge in [0.1, 0.15) is 0 Å². The van der Waals surface area contributed by atoms with Crippen LogP contribution in [-0.2, 0) is 0 Å². The standard InChI is InChI=1S/C7H14O2S.CH4O/c1-5-2-6(9)3-7(4-8)10-5;1-2/h5-9H,2-4H2,1H3;2H,1H3. The van der Waals surface area contributed by atoms with Gasteiger partial charge in [0.15, 0.2) is 0 Å². The third kappa shape index (κ3) is 4.30. The molecule has 3 atom stereocenters. The minimum absolute atomic E-state index is 0.187. The molecule has 0 amide bonds. The molecule has 0 aromatic carbocycles. The van der Waals surface area contributed by atoms with Gasteiger partial charge in [-0.2, -0.15) is 11.8 Å². The highest BCUT2D eigenvalue weighted by molar-refractivity contribution is 8.00. The van der Waals surface area contributed by atoms with Crippen molar-refractivity contribution in [2.75, 3.05) is 13.7 Å². The fraction of sp³-hybridized carbons (Fsp3) is 1.00. The summed E-state index contributed by atoms with van der Waals surface area (Å²) < 4.78 is 0. The Bertz CT molecular complexity index is 100. The van der Waals surface area contributed by atoms with Gasteiger partial charge in [-0.1, -0.05) is 6.92 Å². The summed E-state index contributed by atoms with van der Waals surface area (Å²) in [7, 11) is 1.00. The van der Waals surface area contributed by atoms with E-state index in [2.05, 4.69) is 6.92 Å². The minimum Gasteiger partial charge on any atom is -0.400 e. The molecule has 1 rings (SSSR count). The van der Waals surface area contributed by atoms with Gasteiger partial charge in [0.25, 0.3) is 0 Å². The average Bonchev–Trinajstić information content (AvgIpc) is 2.06. The molecule has 1 aliphatic heterocycles. The molecule has 3 unspecified atom stereocenters. The molecule has 0 saturated carbocycles. The van der Waals surface area contributed by atoms with Crippen molar-refractivity contribution < 1.29 is 15.3 Å². The van der Waals surface area contributed by atoms with Crippen LogP contribution in [0.25, 0.3) is 0 Å². The first-order valence-corrected chi connectivity index (χ1v) is 5.05. The van der Waals surface area contributed by atoms with Gasteiger partial charge < -0.3 is 15.3 Å². The first-order chi connectivity index (χ1) is 5.72. The monoisotopic (exact) mass is 194 g/mol. The molecule has 3 nitrogen and oxygen atoms in total. The van der Waals surface area contributed by atoms with E-state index in [-0.39, 0.29) is 18.0 Å². The van der Waals surface area contributed by atoms with E-state index in [1.807, 2.05) is 0 Å². The number of aliphatic hydroxyl groups is 3. The van der Waals surface area contributed by atoms with Crippen LogP contribution >= 0.6 is 11.8 Å². The molecule has 3 N–H and O–H groups in total. The Morgan fingerprint density at radius 3 is 2.33 bits per heavy atom. The number of thioether (sulfide) groups is 1. The van der Waals surface area contributed by atoms with Gasteiger partial charge in [0, 0.05) is 17.6 Å². The molecule has 0 spiro atoms. The molecular weight excluding hydrogens is 176 g/mol. The predicted octanol–water partition coefficient (Wildman–Crippen LogP) is 0.232. The molecule has 1 aliphatic rings. The fourth-order valence-corrected chi connectivity index (χ4v) is 2.75. The summed E-state index contributed by atoms with van der Waals surface area (Å²) in [6, 6.07) is 0. The van der Waals surface area contributed by atoms with Crippen molar-refractivity contribution >= 4 is 11.8 Å². The molecule has 0 radical (unpaired) electrons. The summed E-state index contributed by atoms with van der Waals surface area (Å²) >= 11 is 1.78. The Labute approximate surface area is 77.8 Å². The maximum absolute atomic E-state index is 9.26. The Hall–Kier alpha value is 0.230. The smallest absolute Gasteiger partial charge is 0.0562 e. The van der Waals surface area contributed by atoms with Gasteiger partial charge in [0.2, 0.25) is 0 Å². The van der Waals surface area contributed by atoms with Crippen LogP contribution in [0.15, 0.2) is 0 Å². The normalized spacial score (nSPS) is 35.2. The number of hydrogen-bond donors (Lipinski definition) is 3. The number of rotatable bonds is 1. The zero-order chi connectivity index (χ0) is 9.56. The lowest BCUT2D eigenvalue weighted by Gasteiger charge is -2.28. The van der Waals surface area contributed by atoms with E-state index in [0.717, 1.165) is 20.0 Å². The van der Waals surface area contributed by atoms with E-state index in [9.17, 15) is 5.11 Å². The summed E-state index contributed by atoms with van der Waals surface area (Å²) in [5, 5.41) is 25.8. The Morgan fingerprint density at radius 2 is 1.92 bits per heavy atom. The largest absolute Gasteiger partial charge is 0.400 e. The molecule has 0 bridgehead atoms. The van der Waals surface area contributed by atoms with Crippen molar-refractivity contribution in [3.8, 4) is 0 Å². The maximum Gasteiger partial charge on any atom is 0.0562 e. The fourth-order valence-electron chi connectivity index (χ4n) is 1.34. The van der Waals surface area contributed by atoms with E-state index in [1.54, 1.807) is 11.8 Å². The minimum atomic E-state index is -0.187. The lowest BCUT2D eigenvalue weighted by atomic mass is 10.1. The summed E-state index contributed by atoms with van der Waals surface area (Å²) in [5.41, 5.74) is 0. The predicted molar refractivity (Wildman–Crippen MR) is 51.3 cm³/mol.